The maximum absolute atomic E-state index is 8.86. The van der Waals surface area contributed by atoms with E-state index in [4.69, 9.17) is 14.6 Å². The Kier molecular flexibility index (Phi) is 8.48. The van der Waals surface area contributed by atoms with E-state index in [0.717, 1.165) is 74.2 Å². The second-order valence-corrected chi connectivity index (χ2v) is 8.26. The number of aliphatic hydroxyl groups excluding tert-OH is 1. The number of β-amino-alcohol motifs (C(OH)–C–C–N with tert-alkyl or cyclic N) is 1. The van der Waals surface area contributed by atoms with Gasteiger partial charge in [-0.25, -0.2) is 4.98 Å². The second-order valence-electron chi connectivity index (χ2n) is 7.35. The van der Waals surface area contributed by atoms with Gasteiger partial charge in [0.25, 0.3) is 0 Å². The van der Waals surface area contributed by atoms with Crippen LogP contribution in [0.4, 0.5) is 0 Å². The quantitative estimate of drug-likeness (QED) is 0.705. The fourth-order valence-electron chi connectivity index (χ4n) is 3.36. The zero-order valence-electron chi connectivity index (χ0n) is 16.5. The fraction of sp³-hybridized carbons (Fsp3) is 0.571. The molecule has 154 valence electrons. The van der Waals surface area contributed by atoms with Crippen LogP contribution in [0.25, 0.3) is 10.9 Å². The zero-order chi connectivity index (χ0) is 19.8. The van der Waals surface area contributed by atoms with Crippen LogP contribution in [-0.4, -0.2) is 85.6 Å². The Morgan fingerprint density at radius 2 is 2.04 bits per heavy atom. The number of fused-ring (bicyclic) bond motifs is 1. The summed E-state index contributed by atoms with van der Waals surface area (Å²) in [5, 5.41) is 9.97. The summed E-state index contributed by atoms with van der Waals surface area (Å²) >= 11 is 3.47. The van der Waals surface area contributed by atoms with Crippen LogP contribution in [0, 0.1) is 0 Å². The standard InChI is InChI=1S/C16H19BrN2O2.C5H11NO/c17-14-3-4-15-13(12-14)2-5-16(18-15)21-9-1-6-19-7-10-20-11-8-19;1-6-3-2-5(7)4-6/h2-5,12H,1,6-11H2;5,7H,2-4H2,1H3/t;5-/m.1/s1. The van der Waals surface area contributed by atoms with E-state index in [-0.39, 0.29) is 6.10 Å². The van der Waals surface area contributed by atoms with Crippen molar-refractivity contribution in [2.75, 3.05) is 59.6 Å². The molecule has 0 amide bonds. The number of halogens is 1. The third-order valence-electron chi connectivity index (χ3n) is 4.96. The number of likely N-dealkylation sites (tertiary alicyclic amines) is 1. The molecule has 6 nitrogen and oxygen atoms in total. The van der Waals surface area contributed by atoms with E-state index < -0.39 is 0 Å². The molecule has 3 heterocycles. The first kappa shape index (κ1) is 21.5. The van der Waals surface area contributed by atoms with E-state index in [1.165, 1.54) is 0 Å². The van der Waals surface area contributed by atoms with Crippen molar-refractivity contribution >= 4 is 26.8 Å². The van der Waals surface area contributed by atoms with E-state index in [9.17, 15) is 0 Å². The third kappa shape index (κ3) is 6.97. The number of hydrogen-bond acceptors (Lipinski definition) is 6. The lowest BCUT2D eigenvalue weighted by atomic mass is 10.2. The predicted octanol–water partition coefficient (Wildman–Crippen LogP) is 2.78. The molecule has 2 aliphatic rings. The van der Waals surface area contributed by atoms with Gasteiger partial charge in [0, 0.05) is 48.6 Å². The van der Waals surface area contributed by atoms with E-state index in [1.54, 1.807) is 0 Å². The first-order valence-electron chi connectivity index (χ1n) is 9.96. The van der Waals surface area contributed by atoms with Crippen LogP contribution in [0.5, 0.6) is 5.88 Å². The number of benzene rings is 1. The Balaban J connectivity index is 0.000000271. The molecule has 7 heteroatoms. The maximum atomic E-state index is 8.86. The molecule has 28 heavy (non-hydrogen) atoms. The average Bonchev–Trinajstić information content (AvgIpc) is 3.09. The van der Waals surface area contributed by atoms with Crippen LogP contribution in [0.3, 0.4) is 0 Å². The lowest BCUT2D eigenvalue weighted by molar-refractivity contribution is 0.0357. The molecule has 0 bridgehead atoms. The largest absolute Gasteiger partial charge is 0.478 e. The van der Waals surface area contributed by atoms with Crippen molar-refractivity contribution < 1.29 is 14.6 Å². The minimum Gasteiger partial charge on any atom is -0.478 e. The van der Waals surface area contributed by atoms with Crippen molar-refractivity contribution in [3.05, 3.63) is 34.8 Å². The van der Waals surface area contributed by atoms with Crippen molar-refractivity contribution in [1.82, 2.24) is 14.8 Å². The monoisotopic (exact) mass is 451 g/mol. The normalized spacial score (nSPS) is 20.8. The van der Waals surface area contributed by atoms with Gasteiger partial charge in [0.2, 0.25) is 5.88 Å². The average molecular weight is 452 g/mol. The molecule has 0 unspecified atom stereocenters. The molecule has 2 aromatic rings. The van der Waals surface area contributed by atoms with Gasteiger partial charge in [-0.15, -0.1) is 0 Å². The molecule has 0 radical (unpaired) electrons. The molecule has 2 saturated heterocycles. The van der Waals surface area contributed by atoms with Crippen LogP contribution >= 0.6 is 15.9 Å². The van der Waals surface area contributed by atoms with E-state index in [1.807, 2.05) is 31.3 Å². The Hall–Kier alpha value is -1.25. The topological polar surface area (TPSA) is 58.1 Å². The summed E-state index contributed by atoms with van der Waals surface area (Å²) in [4.78, 5) is 9.07. The summed E-state index contributed by atoms with van der Waals surface area (Å²) in [6.07, 6.45) is 1.92. The Morgan fingerprint density at radius 3 is 2.71 bits per heavy atom. The van der Waals surface area contributed by atoms with Gasteiger partial charge >= 0.3 is 0 Å². The molecule has 0 saturated carbocycles. The first-order chi connectivity index (χ1) is 13.6. The molecule has 0 aliphatic carbocycles. The molecular weight excluding hydrogens is 422 g/mol. The number of morpholine rings is 1. The third-order valence-corrected chi connectivity index (χ3v) is 5.46. The fourth-order valence-corrected chi connectivity index (χ4v) is 3.74. The number of rotatable bonds is 5. The smallest absolute Gasteiger partial charge is 0.213 e. The maximum Gasteiger partial charge on any atom is 0.213 e. The van der Waals surface area contributed by atoms with E-state index in [2.05, 4.69) is 36.8 Å². The van der Waals surface area contributed by atoms with Crippen molar-refractivity contribution in [3.8, 4) is 5.88 Å². The second kappa shape index (κ2) is 11.1. The van der Waals surface area contributed by atoms with Crippen LogP contribution in [0.2, 0.25) is 0 Å². The highest BCUT2D eigenvalue weighted by atomic mass is 79.9. The van der Waals surface area contributed by atoms with Crippen LogP contribution < -0.4 is 4.74 Å². The molecule has 1 aromatic heterocycles. The van der Waals surface area contributed by atoms with Crippen molar-refractivity contribution in [1.29, 1.82) is 0 Å². The van der Waals surface area contributed by atoms with Gasteiger partial charge in [-0.05, 0) is 44.2 Å². The van der Waals surface area contributed by atoms with Gasteiger partial charge in [-0.3, -0.25) is 4.90 Å². The number of pyridine rings is 1. The highest BCUT2D eigenvalue weighted by molar-refractivity contribution is 9.10. The Bertz CT molecular complexity index is 732. The highest BCUT2D eigenvalue weighted by Gasteiger charge is 2.15. The van der Waals surface area contributed by atoms with Crippen molar-refractivity contribution in [2.45, 2.75) is 18.9 Å². The molecule has 2 fully saturated rings. The molecule has 1 N–H and O–H groups in total. The van der Waals surface area contributed by atoms with Gasteiger partial charge in [-0.1, -0.05) is 15.9 Å². The van der Waals surface area contributed by atoms with Gasteiger partial charge in [0.15, 0.2) is 0 Å². The summed E-state index contributed by atoms with van der Waals surface area (Å²) in [7, 11) is 2.02. The lowest BCUT2D eigenvalue weighted by Gasteiger charge is -2.26. The number of likely N-dealkylation sites (N-methyl/N-ethyl adjacent to an activating group) is 1. The predicted molar refractivity (Wildman–Crippen MR) is 115 cm³/mol. The molecule has 0 spiro atoms. The zero-order valence-corrected chi connectivity index (χ0v) is 18.1. The van der Waals surface area contributed by atoms with Gasteiger partial charge < -0.3 is 19.5 Å². The van der Waals surface area contributed by atoms with Crippen molar-refractivity contribution in [3.63, 3.8) is 0 Å². The first-order valence-corrected chi connectivity index (χ1v) is 10.8. The minimum atomic E-state index is -0.0509. The van der Waals surface area contributed by atoms with E-state index in [0.29, 0.717) is 12.5 Å². The Labute approximate surface area is 175 Å². The lowest BCUT2D eigenvalue weighted by Crippen LogP contribution is -2.37. The molecule has 1 atom stereocenters. The van der Waals surface area contributed by atoms with Gasteiger partial charge in [0.05, 0.1) is 31.4 Å². The van der Waals surface area contributed by atoms with Crippen LogP contribution in [0.1, 0.15) is 12.8 Å². The number of aliphatic hydroxyl groups is 1. The summed E-state index contributed by atoms with van der Waals surface area (Å²) in [5.41, 5.74) is 0.962. The van der Waals surface area contributed by atoms with E-state index >= 15 is 0 Å². The van der Waals surface area contributed by atoms with Gasteiger partial charge in [0.1, 0.15) is 0 Å². The summed E-state index contributed by atoms with van der Waals surface area (Å²) in [5.74, 6) is 0.701. The van der Waals surface area contributed by atoms with Crippen LogP contribution in [-0.2, 0) is 4.74 Å². The molecular formula is C21H30BrN3O3. The number of hydrogen-bond donors (Lipinski definition) is 1. The number of ether oxygens (including phenoxy) is 2. The number of nitrogens with zero attached hydrogens (tertiary/aromatic N) is 3. The molecule has 4 rings (SSSR count). The SMILES string of the molecule is Brc1ccc2nc(OCCCN3CCOCC3)ccc2c1.CN1CC[C@@H](O)C1. The highest BCUT2D eigenvalue weighted by Crippen LogP contribution is 2.21. The number of aromatic nitrogens is 1. The molecule has 2 aliphatic heterocycles. The molecule has 1 aromatic carbocycles. The van der Waals surface area contributed by atoms with Crippen molar-refractivity contribution in [2.24, 2.45) is 0 Å². The minimum absolute atomic E-state index is 0.0509. The Morgan fingerprint density at radius 1 is 1.21 bits per heavy atom. The summed E-state index contributed by atoms with van der Waals surface area (Å²) in [6, 6.07) is 10.0. The van der Waals surface area contributed by atoms with Gasteiger partial charge in [-0.2, -0.15) is 0 Å². The summed E-state index contributed by atoms with van der Waals surface area (Å²) < 4.78 is 12.2. The summed E-state index contributed by atoms with van der Waals surface area (Å²) in [6.45, 7) is 7.44. The van der Waals surface area contributed by atoms with Crippen LogP contribution in [0.15, 0.2) is 34.8 Å².